The highest BCUT2D eigenvalue weighted by atomic mass is 32.1. The Morgan fingerprint density at radius 3 is 2.68 bits per heavy atom. The van der Waals surface area contributed by atoms with Crippen LogP contribution in [0.15, 0.2) is 35.7 Å². The van der Waals surface area contributed by atoms with Gasteiger partial charge >= 0.3 is 5.97 Å². The third-order valence-corrected chi connectivity index (χ3v) is 8.51. The Morgan fingerprint density at radius 1 is 1.22 bits per heavy atom. The number of hydrogen-bond donors (Lipinski definition) is 2. The van der Waals surface area contributed by atoms with E-state index in [4.69, 9.17) is 20.2 Å². The lowest BCUT2D eigenvalue weighted by Gasteiger charge is -2.20. The van der Waals surface area contributed by atoms with Gasteiger partial charge < -0.3 is 20.5 Å². The standard InChI is InChI=1S/C28H29N3O4S2/c1-14(2)35-28(33)22-20(16-6-8-18(34-4)9-7-16)13-36-27(22)31-25(32)24-23(29)19-12-17-11-15(3)5-10-21(17)30-26(19)37-24/h6-9,12-15H,5,10-11,29H2,1-4H3,(H,31,32). The number of carbonyl (C=O) groups excluding carboxylic acids is 2. The van der Waals surface area contributed by atoms with Crippen molar-refractivity contribution >= 4 is 55.5 Å². The third-order valence-electron chi connectivity index (χ3n) is 6.50. The Hall–Kier alpha value is -3.43. The topological polar surface area (TPSA) is 104 Å². The fraction of sp³-hybridized carbons (Fsp3) is 0.321. The molecule has 37 heavy (non-hydrogen) atoms. The molecule has 0 spiro atoms. The number of esters is 1. The molecular weight excluding hydrogens is 506 g/mol. The number of pyridine rings is 1. The van der Waals surface area contributed by atoms with Crippen LogP contribution in [0.25, 0.3) is 21.3 Å². The van der Waals surface area contributed by atoms with Gasteiger partial charge in [0, 0.05) is 22.0 Å². The highest BCUT2D eigenvalue weighted by Gasteiger charge is 2.27. The fourth-order valence-electron chi connectivity index (χ4n) is 4.61. The van der Waals surface area contributed by atoms with Gasteiger partial charge in [-0.25, -0.2) is 9.78 Å². The van der Waals surface area contributed by atoms with Crippen molar-refractivity contribution in [2.24, 2.45) is 5.92 Å². The Kier molecular flexibility index (Phi) is 6.92. The Balaban J connectivity index is 1.50. The van der Waals surface area contributed by atoms with Gasteiger partial charge in [-0.05, 0) is 68.4 Å². The highest BCUT2D eigenvalue weighted by molar-refractivity contribution is 7.21. The van der Waals surface area contributed by atoms with Crippen LogP contribution in [-0.2, 0) is 17.6 Å². The second-order valence-electron chi connectivity index (χ2n) is 9.63. The molecule has 0 radical (unpaired) electrons. The lowest BCUT2D eigenvalue weighted by Crippen LogP contribution is -2.16. The minimum absolute atomic E-state index is 0.308. The summed E-state index contributed by atoms with van der Waals surface area (Å²) >= 11 is 2.56. The van der Waals surface area contributed by atoms with Crippen molar-refractivity contribution in [3.8, 4) is 16.9 Å². The quantitative estimate of drug-likeness (QED) is 0.271. The number of benzene rings is 1. The van der Waals surface area contributed by atoms with Crippen LogP contribution in [0, 0.1) is 5.92 Å². The van der Waals surface area contributed by atoms with Gasteiger partial charge in [0.05, 0.1) is 18.9 Å². The van der Waals surface area contributed by atoms with Crippen molar-refractivity contribution < 1.29 is 19.1 Å². The van der Waals surface area contributed by atoms with Crippen molar-refractivity contribution in [3.05, 3.63) is 57.4 Å². The molecule has 0 fully saturated rings. The summed E-state index contributed by atoms with van der Waals surface area (Å²) in [6.07, 6.45) is 2.72. The Bertz CT molecular complexity index is 1490. The molecular formula is C28H29N3O4S2. The number of nitrogens with one attached hydrogen (secondary N) is 1. The lowest BCUT2D eigenvalue weighted by atomic mass is 9.87. The molecule has 5 rings (SSSR count). The molecule has 0 saturated heterocycles. The second-order valence-corrected chi connectivity index (χ2v) is 11.5. The van der Waals surface area contributed by atoms with Gasteiger partial charge in [-0.1, -0.05) is 19.1 Å². The monoisotopic (exact) mass is 535 g/mol. The molecule has 0 saturated carbocycles. The number of carbonyl (C=O) groups is 2. The number of anilines is 2. The fourth-order valence-corrected chi connectivity index (χ4v) is 6.55. The van der Waals surface area contributed by atoms with Crippen LogP contribution in [0.3, 0.4) is 0 Å². The highest BCUT2D eigenvalue weighted by Crippen LogP contribution is 2.40. The van der Waals surface area contributed by atoms with Crippen LogP contribution < -0.4 is 15.8 Å². The minimum atomic E-state index is -0.495. The van der Waals surface area contributed by atoms with E-state index in [1.807, 2.05) is 29.6 Å². The number of methoxy groups -OCH3 is 1. The first-order valence-electron chi connectivity index (χ1n) is 12.2. The first-order valence-corrected chi connectivity index (χ1v) is 13.9. The van der Waals surface area contributed by atoms with Crippen molar-refractivity contribution in [2.45, 2.75) is 46.1 Å². The van der Waals surface area contributed by atoms with Crippen LogP contribution in [0.1, 0.15) is 58.5 Å². The van der Waals surface area contributed by atoms with Gasteiger partial charge in [0.2, 0.25) is 0 Å². The van der Waals surface area contributed by atoms with Crippen molar-refractivity contribution in [1.29, 1.82) is 0 Å². The number of hydrogen-bond acceptors (Lipinski definition) is 8. The van der Waals surface area contributed by atoms with E-state index in [-0.39, 0.29) is 12.0 Å². The molecule has 0 bridgehead atoms. The van der Waals surface area contributed by atoms with E-state index in [1.165, 1.54) is 28.2 Å². The molecule has 1 unspecified atom stereocenters. The number of thiophene rings is 2. The Morgan fingerprint density at radius 2 is 1.97 bits per heavy atom. The summed E-state index contributed by atoms with van der Waals surface area (Å²) in [5.74, 6) is 0.458. The average Bonchev–Trinajstić information content (AvgIpc) is 3.43. The summed E-state index contributed by atoms with van der Waals surface area (Å²) in [6.45, 7) is 5.83. The van der Waals surface area contributed by atoms with Gasteiger partial charge in [0.15, 0.2) is 0 Å². The zero-order chi connectivity index (χ0) is 26.3. The maximum Gasteiger partial charge on any atom is 0.342 e. The summed E-state index contributed by atoms with van der Waals surface area (Å²) in [7, 11) is 1.60. The van der Waals surface area contributed by atoms with E-state index in [2.05, 4.69) is 18.3 Å². The molecule has 192 valence electrons. The predicted octanol–water partition coefficient (Wildman–Crippen LogP) is 6.56. The molecule has 9 heteroatoms. The number of fused-ring (bicyclic) bond motifs is 2. The number of nitrogen functional groups attached to an aromatic ring is 1. The first-order chi connectivity index (χ1) is 17.7. The van der Waals surface area contributed by atoms with Gasteiger partial charge in [0.25, 0.3) is 5.91 Å². The molecule has 4 aromatic rings. The zero-order valence-corrected chi connectivity index (χ0v) is 22.8. The van der Waals surface area contributed by atoms with Crippen LogP contribution >= 0.6 is 22.7 Å². The number of aromatic nitrogens is 1. The molecule has 1 amide bonds. The number of nitrogens with two attached hydrogens (primary N) is 1. The van der Waals surface area contributed by atoms with E-state index in [9.17, 15) is 9.59 Å². The molecule has 1 aliphatic rings. The largest absolute Gasteiger partial charge is 0.497 e. The van der Waals surface area contributed by atoms with Crippen molar-refractivity contribution in [1.82, 2.24) is 4.98 Å². The number of nitrogens with zero attached hydrogens (tertiary/aromatic N) is 1. The van der Waals surface area contributed by atoms with Crippen molar-refractivity contribution in [3.63, 3.8) is 0 Å². The van der Waals surface area contributed by atoms with Crippen LogP contribution in [0.5, 0.6) is 5.75 Å². The zero-order valence-electron chi connectivity index (χ0n) is 21.2. The Labute approximate surface area is 223 Å². The molecule has 7 nitrogen and oxygen atoms in total. The minimum Gasteiger partial charge on any atom is -0.497 e. The lowest BCUT2D eigenvalue weighted by molar-refractivity contribution is 0.0380. The van der Waals surface area contributed by atoms with Gasteiger partial charge in [-0.15, -0.1) is 22.7 Å². The van der Waals surface area contributed by atoms with Crippen LogP contribution in [0.2, 0.25) is 0 Å². The summed E-state index contributed by atoms with van der Waals surface area (Å²) in [4.78, 5) is 32.6. The second kappa shape index (κ2) is 10.1. The van der Waals surface area contributed by atoms with Gasteiger partial charge in [-0.2, -0.15) is 0 Å². The van der Waals surface area contributed by atoms with E-state index < -0.39 is 5.97 Å². The summed E-state index contributed by atoms with van der Waals surface area (Å²) < 4.78 is 10.8. The molecule has 3 N–H and O–H groups in total. The van der Waals surface area contributed by atoms with Crippen LogP contribution in [0.4, 0.5) is 10.7 Å². The van der Waals surface area contributed by atoms with E-state index in [0.717, 1.165) is 40.7 Å². The third kappa shape index (κ3) is 4.93. The average molecular weight is 536 g/mol. The number of ether oxygens (including phenoxy) is 2. The maximum atomic E-state index is 13.4. The molecule has 1 atom stereocenters. The number of aryl methyl sites for hydroxylation is 1. The number of amides is 1. The number of rotatable bonds is 6. The summed E-state index contributed by atoms with van der Waals surface area (Å²) in [6, 6.07) is 9.49. The molecule has 1 aromatic carbocycles. The molecule has 3 heterocycles. The maximum absolute atomic E-state index is 13.4. The SMILES string of the molecule is COc1ccc(-c2csc(NC(=O)c3sc4nc5c(cc4c3N)CC(C)CC5)c2C(=O)OC(C)C)cc1. The van der Waals surface area contributed by atoms with Crippen LogP contribution in [-0.4, -0.2) is 30.1 Å². The van der Waals surface area contributed by atoms with Gasteiger partial charge in [-0.3, -0.25) is 4.79 Å². The molecule has 3 aromatic heterocycles. The first kappa shape index (κ1) is 25.2. The summed E-state index contributed by atoms with van der Waals surface area (Å²) in [5, 5.41) is 6.00. The van der Waals surface area contributed by atoms with Crippen molar-refractivity contribution in [2.75, 3.05) is 18.2 Å². The van der Waals surface area contributed by atoms with E-state index >= 15 is 0 Å². The molecule has 1 aliphatic carbocycles. The normalized spacial score (nSPS) is 15.0. The predicted molar refractivity (Wildman–Crippen MR) is 150 cm³/mol. The summed E-state index contributed by atoms with van der Waals surface area (Å²) in [5.41, 5.74) is 11.0. The van der Waals surface area contributed by atoms with E-state index in [1.54, 1.807) is 21.0 Å². The smallest absolute Gasteiger partial charge is 0.342 e. The van der Waals surface area contributed by atoms with E-state index in [0.29, 0.717) is 38.4 Å². The molecule has 0 aliphatic heterocycles. The van der Waals surface area contributed by atoms with Gasteiger partial charge in [0.1, 0.15) is 26.0 Å².